The Morgan fingerprint density at radius 3 is 2.36 bits per heavy atom. The summed E-state index contributed by atoms with van der Waals surface area (Å²) in [5.41, 5.74) is 1.22. The van der Waals surface area contributed by atoms with Gasteiger partial charge in [-0.3, -0.25) is 0 Å². The number of thioether (sulfide) groups is 1. The maximum absolute atomic E-state index is 9.27. The molecule has 1 unspecified atom stereocenters. The fourth-order valence-electron chi connectivity index (χ4n) is 1.23. The van der Waals surface area contributed by atoms with Crippen molar-refractivity contribution in [2.75, 3.05) is 12.4 Å². The predicted molar refractivity (Wildman–Crippen MR) is 63.6 cm³/mol. The summed E-state index contributed by atoms with van der Waals surface area (Å²) in [6.45, 7) is 4.63. The molecule has 1 aromatic carbocycles. The van der Waals surface area contributed by atoms with Crippen molar-refractivity contribution in [3.8, 4) is 0 Å². The monoisotopic (exact) mass is 210 g/mol. The third-order valence-corrected chi connectivity index (χ3v) is 3.65. The second-order valence-corrected chi connectivity index (χ2v) is 5.04. The van der Waals surface area contributed by atoms with Gasteiger partial charge in [-0.25, -0.2) is 0 Å². The first-order valence-electron chi connectivity index (χ1n) is 5.01. The van der Waals surface area contributed by atoms with Crippen LogP contribution in [-0.2, 0) is 0 Å². The molecule has 0 saturated carbocycles. The molecule has 78 valence electrons. The van der Waals surface area contributed by atoms with Crippen LogP contribution in [0.3, 0.4) is 0 Å². The summed E-state index contributed by atoms with van der Waals surface area (Å²) < 4.78 is 0. The summed E-state index contributed by atoms with van der Waals surface area (Å²) in [4.78, 5) is 0. The van der Waals surface area contributed by atoms with Crippen molar-refractivity contribution in [2.45, 2.75) is 19.1 Å². The number of aliphatic hydroxyl groups is 1. The summed E-state index contributed by atoms with van der Waals surface area (Å²) >= 11 is 1.83. The van der Waals surface area contributed by atoms with E-state index in [0.29, 0.717) is 5.92 Å². The van der Waals surface area contributed by atoms with Gasteiger partial charge >= 0.3 is 0 Å². The van der Waals surface area contributed by atoms with E-state index in [1.165, 1.54) is 5.56 Å². The molecule has 0 aliphatic heterocycles. The Morgan fingerprint density at radius 1 is 1.21 bits per heavy atom. The molecular weight excluding hydrogens is 192 g/mol. The lowest BCUT2D eigenvalue weighted by Gasteiger charge is -2.15. The summed E-state index contributed by atoms with van der Waals surface area (Å²) in [5, 5.41) is 9.51. The van der Waals surface area contributed by atoms with E-state index >= 15 is 0 Å². The molecule has 1 rings (SSSR count). The Balaban J connectivity index is 2.54. The molecule has 2 heteroatoms. The molecule has 0 aliphatic carbocycles. The number of benzene rings is 1. The topological polar surface area (TPSA) is 20.2 Å². The van der Waals surface area contributed by atoms with Gasteiger partial charge in [-0.2, -0.15) is 11.8 Å². The maximum atomic E-state index is 9.27. The molecule has 0 spiro atoms. The van der Waals surface area contributed by atoms with E-state index < -0.39 is 0 Å². The van der Waals surface area contributed by atoms with Crippen LogP contribution in [0.15, 0.2) is 30.3 Å². The lowest BCUT2D eigenvalue weighted by molar-refractivity contribution is 0.296. The highest BCUT2D eigenvalue weighted by Crippen LogP contribution is 2.29. The van der Waals surface area contributed by atoms with Gasteiger partial charge in [0.2, 0.25) is 0 Å². The molecule has 0 aliphatic rings. The third-order valence-electron chi connectivity index (χ3n) is 1.97. The molecule has 1 nitrogen and oxygen atoms in total. The second kappa shape index (κ2) is 6.10. The minimum absolute atomic E-state index is 0.224. The minimum Gasteiger partial charge on any atom is -0.395 e. The summed E-state index contributed by atoms with van der Waals surface area (Å²) in [6, 6.07) is 10.2. The normalized spacial score (nSPS) is 13.1. The number of rotatable bonds is 5. The van der Waals surface area contributed by atoms with Gasteiger partial charge in [-0.15, -0.1) is 0 Å². The Kier molecular flexibility index (Phi) is 5.05. The minimum atomic E-state index is 0.224. The van der Waals surface area contributed by atoms with Gasteiger partial charge in [0, 0.05) is 0 Å². The van der Waals surface area contributed by atoms with Crippen LogP contribution >= 0.6 is 11.8 Å². The molecule has 1 atom stereocenters. The van der Waals surface area contributed by atoms with E-state index in [4.69, 9.17) is 0 Å². The molecule has 0 bridgehead atoms. The quantitative estimate of drug-likeness (QED) is 0.806. The van der Waals surface area contributed by atoms with E-state index in [-0.39, 0.29) is 11.9 Å². The van der Waals surface area contributed by atoms with Crippen molar-refractivity contribution < 1.29 is 5.11 Å². The summed E-state index contributed by atoms with van der Waals surface area (Å²) in [6.07, 6.45) is 0. The van der Waals surface area contributed by atoms with Crippen LogP contribution in [0.5, 0.6) is 0 Å². The van der Waals surface area contributed by atoms with E-state index in [9.17, 15) is 5.11 Å². The van der Waals surface area contributed by atoms with Crippen molar-refractivity contribution in [1.29, 1.82) is 0 Å². The van der Waals surface area contributed by atoms with Crippen molar-refractivity contribution in [3.05, 3.63) is 35.9 Å². The van der Waals surface area contributed by atoms with Crippen LogP contribution in [0.1, 0.15) is 24.7 Å². The van der Waals surface area contributed by atoms with Crippen LogP contribution in [-0.4, -0.2) is 17.5 Å². The van der Waals surface area contributed by atoms with Crippen LogP contribution in [0.25, 0.3) is 0 Å². The Labute approximate surface area is 90.5 Å². The van der Waals surface area contributed by atoms with E-state index in [0.717, 1.165) is 5.75 Å². The zero-order chi connectivity index (χ0) is 10.4. The molecule has 0 radical (unpaired) electrons. The van der Waals surface area contributed by atoms with Crippen molar-refractivity contribution in [3.63, 3.8) is 0 Å². The van der Waals surface area contributed by atoms with Gasteiger partial charge in [-0.1, -0.05) is 44.2 Å². The summed E-state index contributed by atoms with van der Waals surface area (Å²) in [7, 11) is 0. The Bertz CT molecular complexity index is 246. The molecule has 0 aromatic heterocycles. The average molecular weight is 210 g/mol. The van der Waals surface area contributed by atoms with Crippen LogP contribution in [0.4, 0.5) is 0 Å². The molecule has 0 amide bonds. The SMILES string of the molecule is CC(C)CSC(CO)c1ccccc1. The highest BCUT2D eigenvalue weighted by molar-refractivity contribution is 7.99. The molecular formula is C12H18OS. The average Bonchev–Trinajstić information content (AvgIpc) is 2.20. The fourth-order valence-corrected chi connectivity index (χ4v) is 2.30. The van der Waals surface area contributed by atoms with E-state index in [1.54, 1.807) is 0 Å². The highest BCUT2D eigenvalue weighted by Gasteiger charge is 2.10. The third kappa shape index (κ3) is 3.72. The highest BCUT2D eigenvalue weighted by atomic mass is 32.2. The molecule has 1 N–H and O–H groups in total. The molecule has 0 heterocycles. The molecule has 1 aromatic rings. The van der Waals surface area contributed by atoms with Crippen LogP contribution in [0, 0.1) is 5.92 Å². The van der Waals surface area contributed by atoms with Crippen molar-refractivity contribution in [1.82, 2.24) is 0 Å². The van der Waals surface area contributed by atoms with Gasteiger partial charge in [-0.05, 0) is 17.2 Å². The first kappa shape index (κ1) is 11.6. The van der Waals surface area contributed by atoms with Crippen molar-refractivity contribution in [2.24, 2.45) is 5.92 Å². The zero-order valence-corrected chi connectivity index (χ0v) is 9.63. The van der Waals surface area contributed by atoms with Gasteiger partial charge in [0.1, 0.15) is 0 Å². The molecule has 0 saturated heterocycles. The Hall–Kier alpha value is -0.470. The van der Waals surface area contributed by atoms with Gasteiger partial charge in [0.15, 0.2) is 0 Å². The summed E-state index contributed by atoms with van der Waals surface area (Å²) in [5.74, 6) is 1.78. The van der Waals surface area contributed by atoms with Gasteiger partial charge in [0.25, 0.3) is 0 Å². The van der Waals surface area contributed by atoms with Crippen LogP contribution in [0.2, 0.25) is 0 Å². The van der Waals surface area contributed by atoms with E-state index in [2.05, 4.69) is 26.0 Å². The first-order valence-corrected chi connectivity index (χ1v) is 6.06. The Morgan fingerprint density at radius 2 is 1.86 bits per heavy atom. The number of aliphatic hydroxyl groups excluding tert-OH is 1. The zero-order valence-electron chi connectivity index (χ0n) is 8.81. The standard InChI is InChI=1S/C12H18OS/c1-10(2)9-14-12(8-13)11-6-4-3-5-7-11/h3-7,10,12-13H,8-9H2,1-2H3. The largest absolute Gasteiger partial charge is 0.395 e. The van der Waals surface area contributed by atoms with Crippen LogP contribution < -0.4 is 0 Å². The number of hydrogen-bond donors (Lipinski definition) is 1. The lowest BCUT2D eigenvalue weighted by atomic mass is 10.2. The molecule has 14 heavy (non-hydrogen) atoms. The first-order chi connectivity index (χ1) is 6.74. The molecule has 0 fully saturated rings. The number of hydrogen-bond acceptors (Lipinski definition) is 2. The smallest absolute Gasteiger partial charge is 0.0591 e. The maximum Gasteiger partial charge on any atom is 0.0591 e. The predicted octanol–water partition coefficient (Wildman–Crippen LogP) is 3.11. The van der Waals surface area contributed by atoms with Gasteiger partial charge < -0.3 is 5.11 Å². The van der Waals surface area contributed by atoms with E-state index in [1.807, 2.05) is 30.0 Å². The van der Waals surface area contributed by atoms with Gasteiger partial charge in [0.05, 0.1) is 11.9 Å². The van der Waals surface area contributed by atoms with Crippen molar-refractivity contribution >= 4 is 11.8 Å². The lowest BCUT2D eigenvalue weighted by Crippen LogP contribution is -2.02. The second-order valence-electron chi connectivity index (χ2n) is 3.81. The fraction of sp³-hybridized carbons (Fsp3) is 0.500.